The lowest BCUT2D eigenvalue weighted by Gasteiger charge is -2.14. The molecular formula is C16H20N2O2. The molecule has 0 radical (unpaired) electrons. The Bertz CT molecular complexity index is 503. The number of hydrogen-bond acceptors (Lipinski definition) is 2. The van der Waals surface area contributed by atoms with Crippen LogP contribution in [0.3, 0.4) is 0 Å². The predicted molar refractivity (Wildman–Crippen MR) is 81.9 cm³/mol. The maximum Gasteiger partial charge on any atom is 0.253 e. The van der Waals surface area contributed by atoms with Gasteiger partial charge in [0.25, 0.3) is 11.8 Å². The highest BCUT2D eigenvalue weighted by Gasteiger charge is 2.14. The summed E-state index contributed by atoms with van der Waals surface area (Å²) in [6.07, 6.45) is 0. The summed E-state index contributed by atoms with van der Waals surface area (Å²) < 4.78 is 0. The van der Waals surface area contributed by atoms with Gasteiger partial charge in [-0.1, -0.05) is 37.4 Å². The summed E-state index contributed by atoms with van der Waals surface area (Å²) in [6.45, 7) is 7.59. The molecule has 1 aromatic rings. The molecule has 1 rings (SSSR count). The maximum absolute atomic E-state index is 11.8. The Hall–Kier alpha value is -2.36. The molecule has 0 aliphatic rings. The lowest BCUT2D eigenvalue weighted by Crippen LogP contribution is -2.22. The van der Waals surface area contributed by atoms with E-state index in [2.05, 4.69) is 13.2 Å². The lowest BCUT2D eigenvalue weighted by atomic mass is 10.0. The quantitative estimate of drug-likeness (QED) is 0.785. The van der Waals surface area contributed by atoms with Gasteiger partial charge in [-0.05, 0) is 11.1 Å². The van der Waals surface area contributed by atoms with Crippen molar-refractivity contribution in [1.82, 2.24) is 9.80 Å². The van der Waals surface area contributed by atoms with E-state index in [4.69, 9.17) is 0 Å². The Kier molecular flexibility index (Phi) is 4.86. The van der Waals surface area contributed by atoms with Crippen LogP contribution in [0, 0.1) is 0 Å². The van der Waals surface area contributed by atoms with Crippen LogP contribution >= 0.6 is 0 Å². The van der Waals surface area contributed by atoms with Gasteiger partial charge in [-0.3, -0.25) is 9.59 Å². The van der Waals surface area contributed by atoms with E-state index in [1.54, 1.807) is 52.5 Å². The number of benzene rings is 1. The fourth-order valence-corrected chi connectivity index (χ4v) is 1.66. The van der Waals surface area contributed by atoms with Crippen LogP contribution in [0.4, 0.5) is 0 Å². The summed E-state index contributed by atoms with van der Waals surface area (Å²) in [7, 11) is 6.72. The van der Waals surface area contributed by atoms with Crippen molar-refractivity contribution in [2.24, 2.45) is 0 Å². The predicted octanol–water partition coefficient (Wildman–Crippen LogP) is 1.89. The molecule has 0 bridgehead atoms. The van der Waals surface area contributed by atoms with E-state index in [1.807, 2.05) is 0 Å². The van der Waals surface area contributed by atoms with Gasteiger partial charge in [0.15, 0.2) is 0 Å². The number of carbonyl (C=O) groups excluding carboxylic acids is 2. The van der Waals surface area contributed by atoms with E-state index in [-0.39, 0.29) is 11.8 Å². The summed E-state index contributed by atoms with van der Waals surface area (Å²) >= 11 is 0. The van der Waals surface area contributed by atoms with E-state index in [9.17, 15) is 9.59 Å². The van der Waals surface area contributed by atoms with Crippen LogP contribution < -0.4 is 0 Å². The van der Waals surface area contributed by atoms with Crippen molar-refractivity contribution in [3.05, 3.63) is 48.6 Å². The van der Waals surface area contributed by atoms with Crippen molar-refractivity contribution in [3.63, 3.8) is 0 Å². The molecular weight excluding hydrogens is 252 g/mol. The monoisotopic (exact) mass is 272 g/mol. The molecule has 0 aromatic heterocycles. The van der Waals surface area contributed by atoms with Crippen LogP contribution in [0.1, 0.15) is 11.1 Å². The van der Waals surface area contributed by atoms with Crippen LogP contribution in [0.2, 0.25) is 0 Å². The molecule has 1 aromatic carbocycles. The Labute approximate surface area is 120 Å². The van der Waals surface area contributed by atoms with Crippen LogP contribution in [0.5, 0.6) is 0 Å². The zero-order chi connectivity index (χ0) is 15.4. The van der Waals surface area contributed by atoms with Crippen molar-refractivity contribution in [3.8, 4) is 0 Å². The van der Waals surface area contributed by atoms with Crippen molar-refractivity contribution in [2.75, 3.05) is 28.2 Å². The fraction of sp³-hybridized carbons (Fsp3) is 0.250. The molecule has 0 saturated carbocycles. The van der Waals surface area contributed by atoms with E-state index in [1.165, 1.54) is 9.80 Å². The largest absolute Gasteiger partial charge is 0.345 e. The zero-order valence-electron chi connectivity index (χ0n) is 12.4. The van der Waals surface area contributed by atoms with E-state index in [0.29, 0.717) is 11.1 Å². The van der Waals surface area contributed by atoms with E-state index in [0.717, 1.165) is 11.1 Å². The molecule has 4 nitrogen and oxygen atoms in total. The minimum absolute atomic E-state index is 0.138. The smallest absolute Gasteiger partial charge is 0.253 e. The second-order valence-corrected chi connectivity index (χ2v) is 4.93. The molecule has 0 N–H and O–H groups in total. The first-order valence-corrected chi connectivity index (χ1v) is 6.17. The minimum Gasteiger partial charge on any atom is -0.345 e. The first-order valence-electron chi connectivity index (χ1n) is 6.17. The number of likely N-dealkylation sites (N-methyl/N-ethyl adjacent to an activating group) is 2. The van der Waals surface area contributed by atoms with Crippen LogP contribution in [-0.4, -0.2) is 49.8 Å². The molecule has 20 heavy (non-hydrogen) atoms. The highest BCUT2D eigenvalue weighted by Crippen LogP contribution is 2.19. The van der Waals surface area contributed by atoms with E-state index < -0.39 is 0 Å². The SMILES string of the molecule is C=C(C(=O)N(C)C)c1ccc(C(=C)C(=O)N(C)C)cc1. The van der Waals surface area contributed by atoms with Crippen molar-refractivity contribution >= 4 is 23.0 Å². The second kappa shape index (κ2) is 6.19. The fourth-order valence-electron chi connectivity index (χ4n) is 1.66. The van der Waals surface area contributed by atoms with Gasteiger partial charge in [0.1, 0.15) is 0 Å². The van der Waals surface area contributed by atoms with Crippen molar-refractivity contribution < 1.29 is 9.59 Å². The van der Waals surface area contributed by atoms with Gasteiger partial charge in [-0.25, -0.2) is 0 Å². The Morgan fingerprint density at radius 3 is 1.20 bits per heavy atom. The summed E-state index contributed by atoms with van der Waals surface area (Å²) in [4.78, 5) is 26.6. The first kappa shape index (κ1) is 15.7. The summed E-state index contributed by atoms with van der Waals surface area (Å²) in [6, 6.07) is 7.08. The molecule has 106 valence electrons. The second-order valence-electron chi connectivity index (χ2n) is 4.93. The molecule has 0 aliphatic heterocycles. The molecule has 0 aliphatic carbocycles. The number of hydrogen-bond donors (Lipinski definition) is 0. The van der Waals surface area contributed by atoms with Crippen LogP contribution in [-0.2, 0) is 9.59 Å². The molecule has 4 heteroatoms. The van der Waals surface area contributed by atoms with Crippen molar-refractivity contribution in [1.29, 1.82) is 0 Å². The van der Waals surface area contributed by atoms with Crippen LogP contribution in [0.25, 0.3) is 11.1 Å². The standard InChI is InChI=1S/C16H20N2O2/c1-11(15(19)17(3)4)13-7-9-14(10-8-13)12(2)16(20)18(5)6/h7-10H,1-2H2,3-6H3. The Morgan fingerprint density at radius 1 is 0.750 bits per heavy atom. The topological polar surface area (TPSA) is 40.6 Å². The lowest BCUT2D eigenvalue weighted by molar-refractivity contribution is -0.123. The third-order valence-electron chi connectivity index (χ3n) is 2.91. The van der Waals surface area contributed by atoms with Gasteiger partial charge in [0.05, 0.1) is 0 Å². The zero-order valence-corrected chi connectivity index (χ0v) is 12.4. The number of nitrogens with zero attached hydrogens (tertiary/aromatic N) is 2. The van der Waals surface area contributed by atoms with Gasteiger partial charge in [-0.2, -0.15) is 0 Å². The molecule has 0 heterocycles. The average molecular weight is 272 g/mol. The molecule has 0 unspecified atom stereocenters. The summed E-state index contributed by atoms with van der Waals surface area (Å²) in [5.74, 6) is -0.276. The maximum atomic E-state index is 11.8. The molecule has 0 spiro atoms. The van der Waals surface area contributed by atoms with Gasteiger partial charge in [0, 0.05) is 39.3 Å². The van der Waals surface area contributed by atoms with Gasteiger partial charge in [-0.15, -0.1) is 0 Å². The third-order valence-corrected chi connectivity index (χ3v) is 2.91. The highest BCUT2D eigenvalue weighted by atomic mass is 16.2. The molecule has 2 amide bonds. The number of rotatable bonds is 4. The van der Waals surface area contributed by atoms with Crippen LogP contribution in [0.15, 0.2) is 37.4 Å². The van der Waals surface area contributed by atoms with Gasteiger partial charge in [0.2, 0.25) is 0 Å². The minimum atomic E-state index is -0.138. The average Bonchev–Trinajstić information content (AvgIpc) is 2.44. The summed E-state index contributed by atoms with van der Waals surface area (Å²) in [5.41, 5.74) is 2.31. The number of amides is 2. The summed E-state index contributed by atoms with van der Waals surface area (Å²) in [5, 5.41) is 0. The Morgan fingerprint density at radius 2 is 1.00 bits per heavy atom. The normalized spacial score (nSPS) is 9.80. The molecule has 0 atom stereocenters. The van der Waals surface area contributed by atoms with Gasteiger partial charge < -0.3 is 9.80 Å². The van der Waals surface area contributed by atoms with Crippen molar-refractivity contribution in [2.45, 2.75) is 0 Å². The highest BCUT2D eigenvalue weighted by molar-refractivity contribution is 6.19. The van der Waals surface area contributed by atoms with E-state index >= 15 is 0 Å². The molecule has 0 fully saturated rings. The Balaban J connectivity index is 2.95. The molecule has 0 saturated heterocycles. The third kappa shape index (κ3) is 3.35. The number of carbonyl (C=O) groups is 2. The first-order chi connectivity index (χ1) is 9.25. The van der Waals surface area contributed by atoms with Gasteiger partial charge >= 0.3 is 0 Å².